The predicted octanol–water partition coefficient (Wildman–Crippen LogP) is 2.98. The molecule has 0 amide bonds. The van der Waals surface area contributed by atoms with Gasteiger partial charge in [-0.15, -0.1) is 0 Å². The number of carboxylic acid groups (broad SMARTS) is 1. The van der Waals surface area contributed by atoms with Crippen molar-refractivity contribution in [2.24, 2.45) is 0 Å². The molecule has 5 heteroatoms. The second-order valence-electron chi connectivity index (χ2n) is 4.63. The summed E-state index contributed by atoms with van der Waals surface area (Å²) in [4.78, 5) is 11.1. The lowest BCUT2D eigenvalue weighted by atomic mass is 10.1. The van der Waals surface area contributed by atoms with Gasteiger partial charge in [0, 0.05) is 12.1 Å². The highest BCUT2D eigenvalue weighted by molar-refractivity contribution is 5.87. The van der Waals surface area contributed by atoms with Crippen LogP contribution in [-0.4, -0.2) is 28.0 Å². The van der Waals surface area contributed by atoms with Gasteiger partial charge in [0.25, 0.3) is 0 Å². The average molecular weight is 274 g/mol. The highest BCUT2D eigenvalue weighted by Gasteiger charge is 2.14. The number of rotatable bonds is 5. The fourth-order valence-corrected chi connectivity index (χ4v) is 2.17. The molecule has 0 saturated carbocycles. The summed E-state index contributed by atoms with van der Waals surface area (Å²) in [5.74, 6) is -0.194. The Morgan fingerprint density at radius 1 is 1.40 bits per heavy atom. The van der Waals surface area contributed by atoms with E-state index in [-0.39, 0.29) is 5.69 Å². The van der Waals surface area contributed by atoms with Gasteiger partial charge in [-0.1, -0.05) is 6.92 Å². The van der Waals surface area contributed by atoms with Crippen LogP contribution in [0.3, 0.4) is 0 Å². The number of nitrogens with zero attached hydrogens (tertiary/aromatic N) is 2. The average Bonchev–Trinajstić information content (AvgIpc) is 2.83. The topological polar surface area (TPSA) is 64.4 Å². The first-order valence-corrected chi connectivity index (χ1v) is 6.53. The molecule has 5 nitrogen and oxygen atoms in total. The first-order valence-electron chi connectivity index (χ1n) is 6.53. The van der Waals surface area contributed by atoms with Crippen LogP contribution in [0.4, 0.5) is 0 Å². The zero-order valence-corrected chi connectivity index (χ0v) is 11.9. The van der Waals surface area contributed by atoms with Crippen molar-refractivity contribution in [3.63, 3.8) is 0 Å². The van der Waals surface area contributed by atoms with Crippen molar-refractivity contribution in [2.45, 2.75) is 26.8 Å². The van der Waals surface area contributed by atoms with Crippen molar-refractivity contribution in [1.82, 2.24) is 9.78 Å². The minimum atomic E-state index is -1.01. The normalized spacial score (nSPS) is 10.6. The fraction of sp³-hybridized carbons (Fsp3) is 0.333. The third-order valence-corrected chi connectivity index (χ3v) is 3.13. The summed E-state index contributed by atoms with van der Waals surface area (Å²) in [6, 6.07) is 7.39. The number of aromatic carboxylic acids is 1. The van der Waals surface area contributed by atoms with Gasteiger partial charge < -0.3 is 9.84 Å². The lowest BCUT2D eigenvalue weighted by Crippen LogP contribution is -2.04. The molecular weight excluding hydrogens is 256 g/mol. The predicted molar refractivity (Wildman–Crippen MR) is 76.2 cm³/mol. The minimum Gasteiger partial charge on any atom is -0.496 e. The summed E-state index contributed by atoms with van der Waals surface area (Å²) in [6.07, 6.45) is 0.892. The molecule has 0 radical (unpaired) electrons. The highest BCUT2D eigenvalue weighted by Crippen LogP contribution is 2.27. The quantitative estimate of drug-likeness (QED) is 0.910. The number of benzene rings is 1. The van der Waals surface area contributed by atoms with Crippen LogP contribution in [0.15, 0.2) is 24.3 Å². The van der Waals surface area contributed by atoms with Crippen molar-refractivity contribution < 1.29 is 14.6 Å². The van der Waals surface area contributed by atoms with E-state index in [1.807, 2.05) is 32.0 Å². The monoisotopic (exact) mass is 274 g/mol. The van der Waals surface area contributed by atoms with Crippen molar-refractivity contribution >= 4 is 5.97 Å². The molecule has 106 valence electrons. The van der Waals surface area contributed by atoms with E-state index >= 15 is 0 Å². The highest BCUT2D eigenvalue weighted by atomic mass is 16.5. The van der Waals surface area contributed by atoms with Gasteiger partial charge in [-0.3, -0.25) is 4.68 Å². The Labute approximate surface area is 117 Å². The summed E-state index contributed by atoms with van der Waals surface area (Å²) in [5.41, 5.74) is 2.83. The Kier molecular flexibility index (Phi) is 4.08. The lowest BCUT2D eigenvalue weighted by Gasteiger charge is -2.09. The SMILES string of the molecule is CCCn1nc(C(=O)O)cc1-c1ccc(OC)c(C)c1. The summed E-state index contributed by atoms with van der Waals surface area (Å²) in [5, 5.41) is 13.2. The Morgan fingerprint density at radius 3 is 2.70 bits per heavy atom. The molecule has 0 atom stereocenters. The van der Waals surface area contributed by atoms with Crippen molar-refractivity contribution in [3.05, 3.63) is 35.5 Å². The zero-order valence-electron chi connectivity index (χ0n) is 11.9. The van der Waals surface area contributed by atoms with Crippen LogP contribution in [-0.2, 0) is 6.54 Å². The second kappa shape index (κ2) is 5.77. The third kappa shape index (κ3) is 2.66. The molecule has 0 unspecified atom stereocenters. The number of hydrogen-bond donors (Lipinski definition) is 1. The zero-order chi connectivity index (χ0) is 14.7. The Hall–Kier alpha value is -2.30. The van der Waals surface area contributed by atoms with Gasteiger partial charge in [0.05, 0.1) is 12.8 Å². The maximum atomic E-state index is 11.1. The first kappa shape index (κ1) is 14.1. The summed E-state index contributed by atoms with van der Waals surface area (Å²) in [6.45, 7) is 4.68. The second-order valence-corrected chi connectivity index (χ2v) is 4.63. The Morgan fingerprint density at radius 2 is 2.15 bits per heavy atom. The van der Waals surface area contributed by atoms with Crippen LogP contribution >= 0.6 is 0 Å². The van der Waals surface area contributed by atoms with Crippen LogP contribution < -0.4 is 4.74 Å². The summed E-state index contributed by atoms with van der Waals surface area (Å²) in [7, 11) is 1.63. The molecule has 0 saturated heterocycles. The van der Waals surface area contributed by atoms with Crippen LogP contribution in [0.5, 0.6) is 5.75 Å². The number of aromatic nitrogens is 2. The third-order valence-electron chi connectivity index (χ3n) is 3.13. The maximum absolute atomic E-state index is 11.1. The van der Waals surface area contributed by atoms with Crippen molar-refractivity contribution in [3.8, 4) is 17.0 Å². The molecule has 0 aliphatic heterocycles. The van der Waals surface area contributed by atoms with Crippen molar-refractivity contribution in [2.75, 3.05) is 7.11 Å². The molecule has 0 fully saturated rings. The van der Waals surface area contributed by atoms with Crippen molar-refractivity contribution in [1.29, 1.82) is 0 Å². The molecule has 20 heavy (non-hydrogen) atoms. The van der Waals surface area contributed by atoms with Crippen LogP contribution in [0.2, 0.25) is 0 Å². The van der Waals surface area contributed by atoms with E-state index < -0.39 is 5.97 Å². The van der Waals surface area contributed by atoms with Crippen LogP contribution in [0, 0.1) is 6.92 Å². The smallest absolute Gasteiger partial charge is 0.356 e. The van der Waals surface area contributed by atoms with E-state index in [4.69, 9.17) is 9.84 Å². The number of ether oxygens (including phenoxy) is 1. The number of carboxylic acids is 1. The molecule has 2 aromatic rings. The standard InChI is InChI=1S/C15H18N2O3/c1-4-7-17-13(9-12(16-17)15(18)19)11-5-6-14(20-3)10(2)8-11/h5-6,8-9H,4,7H2,1-3H3,(H,18,19). The van der Waals surface area contributed by atoms with Gasteiger partial charge in [-0.05, 0) is 43.2 Å². The van der Waals surface area contributed by atoms with E-state index in [0.29, 0.717) is 6.54 Å². The Balaban J connectivity index is 2.50. The molecule has 0 aliphatic carbocycles. The molecule has 1 aromatic heterocycles. The summed E-state index contributed by atoms with van der Waals surface area (Å²) >= 11 is 0. The van der Waals surface area contributed by atoms with E-state index in [9.17, 15) is 4.79 Å². The van der Waals surface area contributed by atoms with Gasteiger partial charge in [-0.2, -0.15) is 5.10 Å². The number of hydrogen-bond acceptors (Lipinski definition) is 3. The van der Waals surface area contributed by atoms with E-state index in [0.717, 1.165) is 29.0 Å². The molecule has 2 rings (SSSR count). The first-order chi connectivity index (χ1) is 9.56. The van der Waals surface area contributed by atoms with E-state index in [1.54, 1.807) is 17.9 Å². The largest absolute Gasteiger partial charge is 0.496 e. The molecular formula is C15H18N2O3. The minimum absolute atomic E-state index is 0.0712. The van der Waals surface area contributed by atoms with Gasteiger partial charge in [0.1, 0.15) is 5.75 Å². The number of carbonyl (C=O) groups is 1. The Bertz CT molecular complexity index is 632. The molecule has 1 aromatic carbocycles. The van der Waals surface area contributed by atoms with Crippen LogP contribution in [0.25, 0.3) is 11.3 Å². The van der Waals surface area contributed by atoms with Gasteiger partial charge >= 0.3 is 5.97 Å². The fourth-order valence-electron chi connectivity index (χ4n) is 2.17. The van der Waals surface area contributed by atoms with Crippen LogP contribution in [0.1, 0.15) is 29.4 Å². The van der Waals surface area contributed by atoms with Gasteiger partial charge in [-0.25, -0.2) is 4.79 Å². The molecule has 1 N–H and O–H groups in total. The molecule has 0 aliphatic rings. The summed E-state index contributed by atoms with van der Waals surface area (Å²) < 4.78 is 6.98. The maximum Gasteiger partial charge on any atom is 0.356 e. The van der Waals surface area contributed by atoms with E-state index in [2.05, 4.69) is 5.10 Å². The number of aryl methyl sites for hydroxylation is 2. The van der Waals surface area contributed by atoms with E-state index in [1.165, 1.54) is 0 Å². The van der Waals surface area contributed by atoms with Gasteiger partial charge in [0.15, 0.2) is 5.69 Å². The lowest BCUT2D eigenvalue weighted by molar-refractivity contribution is 0.0689. The molecule has 0 spiro atoms. The van der Waals surface area contributed by atoms with Gasteiger partial charge in [0.2, 0.25) is 0 Å². The number of methoxy groups -OCH3 is 1. The molecule has 0 bridgehead atoms. The molecule has 1 heterocycles.